The Hall–Kier alpha value is -4.40. The molecule has 0 radical (unpaired) electrons. The number of likely N-dealkylation sites (tertiary alicyclic amines) is 1. The van der Waals surface area contributed by atoms with Gasteiger partial charge >= 0.3 is 6.09 Å². The second-order valence-corrected chi connectivity index (χ2v) is 9.71. The molecule has 5 N–H and O–H groups in total. The summed E-state index contributed by atoms with van der Waals surface area (Å²) in [5.74, 6) is -0.474. The lowest BCUT2D eigenvalue weighted by Gasteiger charge is -2.22. The average Bonchev–Trinajstić information content (AvgIpc) is 3.33. The first kappa shape index (κ1) is 26.7. The van der Waals surface area contributed by atoms with Gasteiger partial charge in [0.25, 0.3) is 0 Å². The van der Waals surface area contributed by atoms with Crippen LogP contribution in [0.5, 0.6) is 0 Å². The molecule has 1 aromatic heterocycles. The summed E-state index contributed by atoms with van der Waals surface area (Å²) in [5.41, 5.74) is 10.5. The maximum Gasteiger partial charge on any atom is 0.407 e. The summed E-state index contributed by atoms with van der Waals surface area (Å²) in [7, 11) is 0. The number of carboxylic acid groups (broad SMARTS) is 1. The normalized spacial score (nSPS) is 17.6. The summed E-state index contributed by atoms with van der Waals surface area (Å²) in [6.07, 6.45) is -0.123. The summed E-state index contributed by atoms with van der Waals surface area (Å²) < 4.78 is 0. The van der Waals surface area contributed by atoms with Crippen molar-refractivity contribution in [2.24, 2.45) is 5.92 Å². The molecule has 9 nitrogen and oxygen atoms in total. The molecule has 3 atom stereocenters. The fourth-order valence-electron chi connectivity index (χ4n) is 4.95. The van der Waals surface area contributed by atoms with Gasteiger partial charge in [-0.15, -0.1) is 0 Å². The minimum absolute atomic E-state index is 0.0307. The molecule has 2 aromatic carbocycles. The number of carbonyl (C=O) groups is 3. The molecule has 0 unspecified atom stereocenters. The molecule has 1 fully saturated rings. The average molecular weight is 516 g/mol. The van der Waals surface area contributed by atoms with Crippen LogP contribution in [0.3, 0.4) is 0 Å². The third kappa shape index (κ3) is 6.29. The van der Waals surface area contributed by atoms with Gasteiger partial charge in [0.1, 0.15) is 17.9 Å². The number of hydrogen-bond donors (Lipinski definition) is 4. The molecule has 198 valence electrons. The highest BCUT2D eigenvalue weighted by molar-refractivity contribution is 5.91. The molecule has 0 spiro atoms. The highest BCUT2D eigenvalue weighted by atomic mass is 16.4. The lowest BCUT2D eigenvalue weighted by molar-refractivity contribution is -0.130. The highest BCUT2D eigenvalue weighted by Gasteiger charge is 2.40. The number of anilines is 1. The van der Waals surface area contributed by atoms with Crippen LogP contribution in [0.2, 0.25) is 0 Å². The first-order chi connectivity index (χ1) is 18.2. The molecular formula is C29H33N5O4. The van der Waals surface area contributed by atoms with Crippen LogP contribution in [0.4, 0.5) is 10.6 Å². The van der Waals surface area contributed by atoms with E-state index in [1.807, 2.05) is 48.5 Å². The largest absolute Gasteiger partial charge is 0.465 e. The fraction of sp³-hybridized carbons (Fsp3) is 0.310. The molecule has 1 aliphatic heterocycles. The Morgan fingerprint density at radius 1 is 1.05 bits per heavy atom. The summed E-state index contributed by atoms with van der Waals surface area (Å²) in [6, 6.07) is 19.8. The van der Waals surface area contributed by atoms with E-state index < -0.39 is 24.1 Å². The van der Waals surface area contributed by atoms with Crippen LogP contribution >= 0.6 is 0 Å². The Morgan fingerprint density at radius 2 is 1.76 bits per heavy atom. The van der Waals surface area contributed by atoms with Gasteiger partial charge < -0.3 is 21.5 Å². The van der Waals surface area contributed by atoms with Crippen molar-refractivity contribution >= 4 is 23.7 Å². The lowest BCUT2D eigenvalue weighted by Crippen LogP contribution is -2.51. The smallest absolute Gasteiger partial charge is 0.407 e. The molecule has 9 heteroatoms. The molecule has 38 heavy (non-hydrogen) atoms. The number of nitrogen functional groups attached to an aromatic ring is 1. The topological polar surface area (TPSA) is 138 Å². The lowest BCUT2D eigenvalue weighted by atomic mass is 9.91. The monoisotopic (exact) mass is 515 g/mol. The van der Waals surface area contributed by atoms with Crippen molar-refractivity contribution in [1.29, 1.82) is 0 Å². The maximum absolute atomic E-state index is 13.1. The van der Waals surface area contributed by atoms with Gasteiger partial charge in [-0.05, 0) is 60.9 Å². The Morgan fingerprint density at radius 3 is 2.47 bits per heavy atom. The van der Waals surface area contributed by atoms with Crippen molar-refractivity contribution in [2.75, 3.05) is 12.3 Å². The summed E-state index contributed by atoms with van der Waals surface area (Å²) in [6.45, 7) is 3.87. The molecule has 1 saturated heterocycles. The predicted molar refractivity (Wildman–Crippen MR) is 145 cm³/mol. The fourth-order valence-corrected chi connectivity index (χ4v) is 4.95. The van der Waals surface area contributed by atoms with Crippen LogP contribution in [0.25, 0.3) is 11.1 Å². The Balaban J connectivity index is 1.38. The van der Waals surface area contributed by atoms with Gasteiger partial charge in [-0.1, -0.05) is 60.7 Å². The molecule has 2 heterocycles. The minimum atomic E-state index is -1.15. The van der Waals surface area contributed by atoms with Crippen molar-refractivity contribution < 1.29 is 19.5 Å². The number of aryl methyl sites for hydroxylation is 1. The second-order valence-electron chi connectivity index (χ2n) is 9.71. The van der Waals surface area contributed by atoms with E-state index in [0.29, 0.717) is 24.4 Å². The van der Waals surface area contributed by atoms with Crippen molar-refractivity contribution in [3.05, 3.63) is 83.6 Å². The second kappa shape index (κ2) is 11.8. The molecule has 0 bridgehead atoms. The molecule has 0 saturated carbocycles. The number of nitrogens with zero attached hydrogens (tertiary/aromatic N) is 2. The molecule has 3 aromatic rings. The van der Waals surface area contributed by atoms with Crippen molar-refractivity contribution in [1.82, 2.24) is 20.5 Å². The third-order valence-electron chi connectivity index (χ3n) is 6.97. The van der Waals surface area contributed by atoms with E-state index >= 15 is 0 Å². The van der Waals surface area contributed by atoms with E-state index in [1.165, 1.54) is 4.90 Å². The number of hydrogen-bond acceptors (Lipinski definition) is 5. The van der Waals surface area contributed by atoms with Gasteiger partial charge in [-0.3, -0.25) is 14.5 Å². The molecule has 3 amide bonds. The number of rotatable bonds is 8. The van der Waals surface area contributed by atoms with Crippen LogP contribution in [0.15, 0.2) is 66.7 Å². The van der Waals surface area contributed by atoms with Gasteiger partial charge in [-0.25, -0.2) is 9.78 Å². The Kier molecular flexibility index (Phi) is 8.25. The van der Waals surface area contributed by atoms with Gasteiger partial charge in [0, 0.05) is 18.8 Å². The minimum Gasteiger partial charge on any atom is -0.465 e. The van der Waals surface area contributed by atoms with Crippen LogP contribution < -0.4 is 16.4 Å². The van der Waals surface area contributed by atoms with Crippen molar-refractivity contribution in [2.45, 2.75) is 45.3 Å². The first-order valence-corrected chi connectivity index (χ1v) is 12.7. The van der Waals surface area contributed by atoms with E-state index in [1.54, 1.807) is 26.0 Å². The van der Waals surface area contributed by atoms with Crippen molar-refractivity contribution in [3.63, 3.8) is 0 Å². The zero-order chi connectivity index (χ0) is 27.2. The highest BCUT2D eigenvalue weighted by Crippen LogP contribution is 2.31. The predicted octanol–water partition coefficient (Wildman–Crippen LogP) is 3.37. The van der Waals surface area contributed by atoms with E-state index in [2.05, 4.69) is 21.7 Å². The van der Waals surface area contributed by atoms with Gasteiger partial charge in [0.05, 0.1) is 0 Å². The van der Waals surface area contributed by atoms with Crippen LogP contribution in [0.1, 0.15) is 30.2 Å². The van der Waals surface area contributed by atoms with E-state index in [-0.39, 0.29) is 24.9 Å². The van der Waals surface area contributed by atoms with Crippen LogP contribution in [0, 0.1) is 12.8 Å². The molecule has 1 aliphatic rings. The number of benzene rings is 2. The van der Waals surface area contributed by atoms with Gasteiger partial charge in [0.2, 0.25) is 11.8 Å². The molecule has 4 rings (SSSR count). The standard InChI is InChI=1S/C29H33N5O4/c1-18-23(12-13-26(30)32-18)16-31-27(35)19(2)33-28(36)25-15-20(17-34(25)29(37)38)14-22-10-6-7-11-24(22)21-8-4-3-5-9-21/h3-13,19-20,25H,14-17H2,1-2H3,(H2,30,32)(H,31,35)(H,33,36)(H,37,38)/t19-,20-,25+/m0/s1. The number of nitrogens with two attached hydrogens (primary N) is 1. The Labute approximate surface area is 222 Å². The molecule has 0 aliphatic carbocycles. The quantitative estimate of drug-likeness (QED) is 0.363. The van der Waals surface area contributed by atoms with Gasteiger partial charge in [0.15, 0.2) is 0 Å². The Bertz CT molecular complexity index is 1310. The summed E-state index contributed by atoms with van der Waals surface area (Å²) in [5, 5.41) is 15.3. The maximum atomic E-state index is 13.1. The van der Waals surface area contributed by atoms with Crippen LogP contribution in [-0.2, 0) is 22.6 Å². The number of nitrogens with one attached hydrogen (secondary N) is 2. The number of amides is 3. The zero-order valence-corrected chi connectivity index (χ0v) is 21.6. The van der Waals surface area contributed by atoms with E-state index in [9.17, 15) is 19.5 Å². The number of carbonyl (C=O) groups excluding carboxylic acids is 2. The zero-order valence-electron chi connectivity index (χ0n) is 21.6. The summed E-state index contributed by atoms with van der Waals surface area (Å²) >= 11 is 0. The SMILES string of the molecule is Cc1nc(N)ccc1CNC(=O)[C@H](C)NC(=O)[C@H]1C[C@H](Cc2ccccc2-c2ccccc2)CN1C(=O)O. The third-order valence-corrected chi connectivity index (χ3v) is 6.97. The summed E-state index contributed by atoms with van der Waals surface area (Å²) in [4.78, 5) is 43.1. The van der Waals surface area contributed by atoms with Crippen molar-refractivity contribution in [3.8, 4) is 11.1 Å². The number of aromatic nitrogens is 1. The first-order valence-electron chi connectivity index (χ1n) is 12.7. The van der Waals surface area contributed by atoms with Crippen LogP contribution in [-0.4, -0.2) is 51.5 Å². The number of pyridine rings is 1. The molecular weight excluding hydrogens is 482 g/mol. The van der Waals surface area contributed by atoms with Gasteiger partial charge in [-0.2, -0.15) is 0 Å². The van der Waals surface area contributed by atoms with E-state index in [4.69, 9.17) is 5.73 Å². The van der Waals surface area contributed by atoms with E-state index in [0.717, 1.165) is 22.3 Å².